The number of aliphatic hydroxyl groups excluding tert-OH is 3. The molecule has 2 unspecified atom stereocenters. The predicted octanol–water partition coefficient (Wildman–Crippen LogP) is -1.81. The molecule has 0 spiro atoms. The van der Waals surface area contributed by atoms with Crippen molar-refractivity contribution in [1.82, 2.24) is 0 Å². The highest BCUT2D eigenvalue weighted by atomic mass is 16.4. The van der Waals surface area contributed by atoms with Gasteiger partial charge >= 0.3 is 0 Å². The van der Waals surface area contributed by atoms with E-state index in [2.05, 4.69) is 0 Å². The molecule has 0 aliphatic heterocycles. The van der Waals surface area contributed by atoms with Crippen LogP contribution in [-0.4, -0.2) is 39.7 Å². The van der Waals surface area contributed by atoms with Gasteiger partial charge in [0.05, 0.1) is 12.2 Å². The van der Waals surface area contributed by atoms with Gasteiger partial charge in [0.2, 0.25) is 0 Å². The molecule has 0 aromatic carbocycles. The molecule has 1 saturated carbocycles. The molecule has 0 aromatic heterocycles. The van der Waals surface area contributed by atoms with Crippen molar-refractivity contribution < 1.29 is 15.3 Å². The van der Waals surface area contributed by atoms with E-state index in [1.807, 2.05) is 0 Å². The first-order chi connectivity index (χ1) is 4.61. The van der Waals surface area contributed by atoms with Crippen molar-refractivity contribution in [1.29, 1.82) is 0 Å². The van der Waals surface area contributed by atoms with E-state index in [1.54, 1.807) is 0 Å². The van der Waals surface area contributed by atoms with Crippen LogP contribution in [0, 0.1) is 0 Å². The van der Waals surface area contributed by atoms with Gasteiger partial charge in [-0.2, -0.15) is 0 Å². The van der Waals surface area contributed by atoms with Crippen molar-refractivity contribution in [3.63, 3.8) is 0 Å². The lowest BCUT2D eigenvalue weighted by Gasteiger charge is -2.31. The van der Waals surface area contributed by atoms with Gasteiger partial charge in [0, 0.05) is 6.04 Å². The average Bonchev–Trinajstić information content (AvgIpc) is 1.82. The van der Waals surface area contributed by atoms with Crippen molar-refractivity contribution in [3.8, 4) is 0 Å². The van der Waals surface area contributed by atoms with Gasteiger partial charge in [0.15, 0.2) is 0 Å². The molecule has 0 amide bonds. The Morgan fingerprint density at radius 2 is 1.40 bits per heavy atom. The van der Waals surface area contributed by atoms with Crippen LogP contribution in [-0.2, 0) is 0 Å². The number of hydrogen-bond donors (Lipinski definition) is 4. The molecule has 2 atom stereocenters. The molecule has 1 fully saturated rings. The van der Waals surface area contributed by atoms with Crippen LogP contribution >= 0.6 is 0 Å². The molecule has 0 aromatic rings. The minimum absolute atomic E-state index is 0.187. The van der Waals surface area contributed by atoms with Gasteiger partial charge in [-0.15, -0.1) is 0 Å². The Bertz CT molecular complexity index is 108. The normalized spacial score (nSPS) is 49.2. The molecule has 1 aliphatic carbocycles. The van der Waals surface area contributed by atoms with E-state index in [1.165, 1.54) is 0 Å². The number of hydrogen-bond acceptors (Lipinski definition) is 4. The zero-order valence-electron chi connectivity index (χ0n) is 5.64. The summed E-state index contributed by atoms with van der Waals surface area (Å²) in [4.78, 5) is 0. The predicted molar refractivity (Wildman–Crippen MR) is 35.2 cm³/mol. The van der Waals surface area contributed by atoms with Gasteiger partial charge in [-0.3, -0.25) is 0 Å². The zero-order valence-corrected chi connectivity index (χ0v) is 5.64. The Labute approximate surface area is 59.3 Å². The van der Waals surface area contributed by atoms with Crippen LogP contribution in [0.1, 0.15) is 12.8 Å². The Morgan fingerprint density at radius 3 is 1.80 bits per heavy atom. The van der Waals surface area contributed by atoms with Gasteiger partial charge in [0.1, 0.15) is 6.10 Å². The number of aliphatic hydroxyl groups is 3. The van der Waals surface area contributed by atoms with Crippen molar-refractivity contribution in [2.75, 3.05) is 0 Å². The van der Waals surface area contributed by atoms with Gasteiger partial charge in [-0.05, 0) is 12.8 Å². The Morgan fingerprint density at radius 1 is 1.00 bits per heavy atom. The minimum atomic E-state index is -1.01. The van der Waals surface area contributed by atoms with Crippen LogP contribution in [0.15, 0.2) is 0 Å². The van der Waals surface area contributed by atoms with Crippen LogP contribution in [0.5, 0.6) is 0 Å². The Hall–Kier alpha value is -0.160. The summed E-state index contributed by atoms with van der Waals surface area (Å²) in [6.07, 6.45) is -1.99. The highest BCUT2D eigenvalue weighted by molar-refractivity contribution is 4.87. The zero-order chi connectivity index (χ0) is 7.72. The maximum Gasteiger partial charge on any atom is 0.106 e. The first-order valence-electron chi connectivity index (χ1n) is 3.41. The third kappa shape index (κ3) is 1.46. The molecular weight excluding hydrogens is 134 g/mol. The van der Waals surface area contributed by atoms with E-state index < -0.39 is 18.3 Å². The average molecular weight is 147 g/mol. The lowest BCUT2D eigenvalue weighted by Crippen LogP contribution is -2.48. The van der Waals surface area contributed by atoms with Gasteiger partial charge in [-0.1, -0.05) is 0 Å². The Kier molecular flexibility index (Phi) is 2.25. The fraction of sp³-hybridized carbons (Fsp3) is 1.00. The molecule has 0 saturated heterocycles. The first-order valence-corrected chi connectivity index (χ1v) is 3.41. The minimum Gasteiger partial charge on any atom is -0.390 e. The molecule has 0 heterocycles. The molecule has 0 radical (unpaired) electrons. The van der Waals surface area contributed by atoms with Gasteiger partial charge in [0.25, 0.3) is 0 Å². The summed E-state index contributed by atoms with van der Waals surface area (Å²) in [5.41, 5.74) is 5.45. The summed E-state index contributed by atoms with van der Waals surface area (Å²) in [6.45, 7) is 0. The maximum atomic E-state index is 9.03. The van der Waals surface area contributed by atoms with Gasteiger partial charge in [-0.25, -0.2) is 0 Å². The molecule has 10 heavy (non-hydrogen) atoms. The maximum absolute atomic E-state index is 9.03. The second-order valence-corrected chi connectivity index (χ2v) is 2.86. The van der Waals surface area contributed by atoms with Crippen LogP contribution < -0.4 is 5.73 Å². The molecular formula is C6H13NO3. The van der Waals surface area contributed by atoms with Crippen LogP contribution in [0.3, 0.4) is 0 Å². The molecule has 4 nitrogen and oxygen atoms in total. The van der Waals surface area contributed by atoms with E-state index >= 15 is 0 Å². The summed E-state index contributed by atoms with van der Waals surface area (Å²) in [5.74, 6) is 0. The highest BCUT2D eigenvalue weighted by Gasteiger charge is 2.32. The fourth-order valence-corrected chi connectivity index (χ4v) is 1.25. The summed E-state index contributed by atoms with van der Waals surface area (Å²) in [7, 11) is 0. The first kappa shape index (κ1) is 7.94. The topological polar surface area (TPSA) is 86.7 Å². The van der Waals surface area contributed by atoms with Crippen molar-refractivity contribution in [3.05, 3.63) is 0 Å². The molecule has 0 bridgehead atoms. The monoisotopic (exact) mass is 147 g/mol. The van der Waals surface area contributed by atoms with Crippen molar-refractivity contribution >= 4 is 0 Å². The van der Waals surface area contributed by atoms with Crippen molar-refractivity contribution in [2.45, 2.75) is 37.2 Å². The largest absolute Gasteiger partial charge is 0.390 e. The van der Waals surface area contributed by atoms with Crippen LogP contribution in [0.25, 0.3) is 0 Å². The van der Waals surface area contributed by atoms with Crippen LogP contribution in [0.2, 0.25) is 0 Å². The highest BCUT2D eigenvalue weighted by Crippen LogP contribution is 2.17. The fourth-order valence-electron chi connectivity index (χ4n) is 1.25. The molecule has 1 rings (SSSR count). The summed E-state index contributed by atoms with van der Waals surface area (Å²) < 4.78 is 0. The molecule has 5 N–H and O–H groups in total. The summed E-state index contributed by atoms with van der Waals surface area (Å²) >= 11 is 0. The Balaban J connectivity index is 2.49. The number of rotatable bonds is 0. The summed E-state index contributed by atoms with van der Waals surface area (Å²) in [5, 5.41) is 27.1. The third-order valence-corrected chi connectivity index (χ3v) is 1.88. The lowest BCUT2D eigenvalue weighted by molar-refractivity contribution is -0.0891. The third-order valence-electron chi connectivity index (χ3n) is 1.88. The van der Waals surface area contributed by atoms with E-state index in [9.17, 15) is 0 Å². The van der Waals surface area contributed by atoms with Gasteiger partial charge < -0.3 is 21.1 Å². The molecule has 1 aliphatic rings. The molecule has 4 heteroatoms. The summed E-state index contributed by atoms with van der Waals surface area (Å²) in [6, 6.07) is -0.187. The van der Waals surface area contributed by atoms with Crippen molar-refractivity contribution in [2.24, 2.45) is 5.73 Å². The number of nitrogens with two attached hydrogens (primary N) is 1. The van der Waals surface area contributed by atoms with E-state index in [0.717, 1.165) is 0 Å². The van der Waals surface area contributed by atoms with Crippen LogP contribution in [0.4, 0.5) is 0 Å². The van der Waals surface area contributed by atoms with E-state index in [0.29, 0.717) is 12.8 Å². The van der Waals surface area contributed by atoms with E-state index in [-0.39, 0.29) is 6.04 Å². The molecule has 60 valence electrons. The second-order valence-electron chi connectivity index (χ2n) is 2.86. The lowest BCUT2D eigenvalue weighted by atomic mass is 9.89. The standard InChI is InChI=1S/C6H13NO3/c7-3-1-4(8)6(10)5(9)2-3/h3-6,8-10H,1-2,7H2. The second kappa shape index (κ2) is 2.84. The quantitative estimate of drug-likeness (QED) is 0.325. The smallest absolute Gasteiger partial charge is 0.106 e. The van der Waals surface area contributed by atoms with E-state index in [4.69, 9.17) is 21.1 Å². The SMILES string of the molecule is NC1CC(O)C(O)C(O)C1.